The zero-order valence-electron chi connectivity index (χ0n) is 15.1. The van der Waals surface area contributed by atoms with Gasteiger partial charge in [0.15, 0.2) is 20.9 Å². The topological polar surface area (TPSA) is 60.4 Å². The fourth-order valence-corrected chi connectivity index (χ4v) is 5.44. The molecule has 3 atom stereocenters. The maximum Gasteiger partial charge on any atom is 0.191 e. The molecule has 3 aromatic carbocycles. The summed E-state index contributed by atoms with van der Waals surface area (Å²) >= 11 is 0. The fraction of sp³-hybridized carbons (Fsp3) is 0.174. The average molecular weight is 392 g/mol. The molecule has 0 saturated carbocycles. The molecule has 0 aromatic heterocycles. The van der Waals surface area contributed by atoms with Crippen molar-refractivity contribution in [3.8, 4) is 0 Å². The third-order valence-corrected chi connectivity index (χ3v) is 7.10. The van der Waals surface area contributed by atoms with Crippen molar-refractivity contribution in [3.05, 3.63) is 102 Å². The normalized spacial score (nSPS) is 22.7. The second kappa shape index (κ2) is 7.70. The van der Waals surface area contributed by atoms with Gasteiger partial charge in [-0.05, 0) is 23.3 Å². The van der Waals surface area contributed by atoms with E-state index >= 15 is 0 Å². The highest BCUT2D eigenvalue weighted by Gasteiger charge is 2.47. The van der Waals surface area contributed by atoms with Crippen LogP contribution in [0.4, 0.5) is 0 Å². The molecular formula is C23H20O4S. The van der Waals surface area contributed by atoms with Gasteiger partial charge in [-0.1, -0.05) is 78.9 Å². The molecule has 1 fully saturated rings. The largest absolute Gasteiger partial charge is 0.363 e. The van der Waals surface area contributed by atoms with Crippen molar-refractivity contribution >= 4 is 15.6 Å². The molecule has 4 nitrogen and oxygen atoms in total. The van der Waals surface area contributed by atoms with Gasteiger partial charge in [-0.3, -0.25) is 4.79 Å². The zero-order chi connectivity index (χ0) is 19.6. The number of sulfone groups is 1. The second-order valence-corrected chi connectivity index (χ2v) is 8.89. The average Bonchev–Trinajstić information content (AvgIpc) is 2.75. The molecule has 142 valence electrons. The van der Waals surface area contributed by atoms with E-state index in [0.29, 0.717) is 5.56 Å². The summed E-state index contributed by atoms with van der Waals surface area (Å²) < 4.78 is 32.9. The monoisotopic (exact) mass is 392 g/mol. The predicted octanol–water partition coefficient (Wildman–Crippen LogP) is 4.30. The molecule has 1 aliphatic rings. The number of hydrogen-bond donors (Lipinski definition) is 0. The van der Waals surface area contributed by atoms with E-state index in [9.17, 15) is 13.2 Å². The lowest BCUT2D eigenvalue weighted by Crippen LogP contribution is -2.42. The van der Waals surface area contributed by atoms with Crippen LogP contribution in [0.2, 0.25) is 0 Å². The molecule has 0 amide bonds. The summed E-state index contributed by atoms with van der Waals surface area (Å²) in [4.78, 5) is 13.3. The van der Waals surface area contributed by atoms with E-state index in [-0.39, 0.29) is 17.1 Å². The van der Waals surface area contributed by atoms with Crippen LogP contribution in [0.1, 0.15) is 29.8 Å². The number of benzene rings is 3. The Morgan fingerprint density at radius 2 is 1.21 bits per heavy atom. The highest BCUT2D eigenvalue weighted by atomic mass is 32.2. The lowest BCUT2D eigenvalue weighted by atomic mass is 9.93. The quantitative estimate of drug-likeness (QED) is 0.664. The Morgan fingerprint density at radius 3 is 1.79 bits per heavy atom. The van der Waals surface area contributed by atoms with E-state index in [2.05, 4.69) is 0 Å². The van der Waals surface area contributed by atoms with Crippen LogP contribution in [0.25, 0.3) is 0 Å². The Labute approximate surface area is 164 Å². The number of Topliss-reactive ketones (excluding diaryl/α,β-unsaturated/α-hetero) is 1. The van der Waals surface area contributed by atoms with E-state index in [1.165, 1.54) is 12.1 Å². The van der Waals surface area contributed by atoms with Crippen LogP contribution in [0.3, 0.4) is 0 Å². The minimum absolute atomic E-state index is 0.0318. The molecule has 0 aliphatic carbocycles. The lowest BCUT2D eigenvalue weighted by Gasteiger charge is -2.35. The van der Waals surface area contributed by atoms with Crippen molar-refractivity contribution in [2.45, 2.75) is 28.8 Å². The maximum absolute atomic E-state index is 13.3. The third-order valence-electron chi connectivity index (χ3n) is 5.00. The van der Waals surface area contributed by atoms with Gasteiger partial charge in [0, 0.05) is 6.42 Å². The van der Waals surface area contributed by atoms with E-state index in [0.717, 1.165) is 5.56 Å². The summed E-state index contributed by atoms with van der Waals surface area (Å²) in [6.45, 7) is 0. The zero-order valence-corrected chi connectivity index (χ0v) is 16.0. The van der Waals surface area contributed by atoms with Gasteiger partial charge in [0.05, 0.1) is 11.0 Å². The van der Waals surface area contributed by atoms with Crippen molar-refractivity contribution < 1.29 is 17.9 Å². The molecule has 0 spiro atoms. The molecule has 3 unspecified atom stereocenters. The van der Waals surface area contributed by atoms with Crippen LogP contribution in [0.5, 0.6) is 0 Å². The highest BCUT2D eigenvalue weighted by Crippen LogP contribution is 2.41. The van der Waals surface area contributed by atoms with Crippen LogP contribution in [0, 0.1) is 0 Å². The number of carbonyl (C=O) groups excluding carboxylic acids is 1. The molecular weight excluding hydrogens is 372 g/mol. The molecule has 1 saturated heterocycles. The van der Waals surface area contributed by atoms with Crippen molar-refractivity contribution in [2.75, 3.05) is 0 Å². The van der Waals surface area contributed by atoms with E-state index in [4.69, 9.17) is 4.74 Å². The fourth-order valence-electron chi connectivity index (χ4n) is 3.62. The maximum atomic E-state index is 13.3. The smallest absolute Gasteiger partial charge is 0.191 e. The molecule has 3 aromatic rings. The SMILES string of the molecule is O=C1CC(c2ccccc2)OC(c2ccccc2)C1S(=O)(=O)c1ccccc1. The van der Waals surface area contributed by atoms with Gasteiger partial charge in [-0.25, -0.2) is 8.42 Å². The summed E-state index contributed by atoms with van der Waals surface area (Å²) in [6.07, 6.45) is -1.30. The standard InChI is InChI=1S/C23H20O4S/c24-20-16-21(17-10-4-1-5-11-17)27-22(18-12-6-2-7-13-18)23(20)28(25,26)19-14-8-3-9-15-19/h1-15,21-23H,16H2. The summed E-state index contributed by atoms with van der Waals surface area (Å²) in [7, 11) is -3.89. The van der Waals surface area contributed by atoms with Crippen molar-refractivity contribution in [1.29, 1.82) is 0 Å². The summed E-state index contributed by atoms with van der Waals surface area (Å²) in [5.41, 5.74) is 1.55. The molecule has 1 heterocycles. The van der Waals surface area contributed by atoms with Gasteiger partial charge in [0.1, 0.15) is 6.10 Å². The van der Waals surface area contributed by atoms with Crippen molar-refractivity contribution in [3.63, 3.8) is 0 Å². The number of rotatable bonds is 4. The highest BCUT2D eigenvalue weighted by molar-refractivity contribution is 7.92. The van der Waals surface area contributed by atoms with Crippen molar-refractivity contribution in [1.82, 2.24) is 0 Å². The molecule has 0 bridgehead atoms. The molecule has 28 heavy (non-hydrogen) atoms. The lowest BCUT2D eigenvalue weighted by molar-refractivity contribution is -0.135. The Kier molecular flexibility index (Phi) is 5.11. The van der Waals surface area contributed by atoms with Crippen molar-refractivity contribution in [2.24, 2.45) is 0 Å². The number of ether oxygens (including phenoxy) is 1. The van der Waals surface area contributed by atoms with Gasteiger partial charge in [-0.2, -0.15) is 0 Å². The molecule has 5 heteroatoms. The number of carbonyl (C=O) groups is 1. The Hall–Kier alpha value is -2.76. The van der Waals surface area contributed by atoms with E-state index < -0.39 is 27.3 Å². The molecule has 0 N–H and O–H groups in total. The first-order valence-electron chi connectivity index (χ1n) is 9.14. The number of hydrogen-bond acceptors (Lipinski definition) is 4. The van der Waals surface area contributed by atoms with Gasteiger partial charge in [0.2, 0.25) is 0 Å². The first kappa shape index (κ1) is 18.6. The van der Waals surface area contributed by atoms with Crippen LogP contribution >= 0.6 is 0 Å². The summed E-state index contributed by atoms with van der Waals surface area (Å²) in [5, 5.41) is -1.27. The second-order valence-electron chi connectivity index (χ2n) is 6.82. The molecule has 1 aliphatic heterocycles. The van der Waals surface area contributed by atoms with Crippen LogP contribution in [0.15, 0.2) is 95.9 Å². The van der Waals surface area contributed by atoms with Crippen LogP contribution in [-0.4, -0.2) is 19.5 Å². The Balaban J connectivity index is 1.78. The number of ketones is 1. The third kappa shape index (κ3) is 3.51. The van der Waals surface area contributed by atoms with E-state index in [1.54, 1.807) is 30.3 Å². The first-order chi connectivity index (χ1) is 13.6. The van der Waals surface area contributed by atoms with E-state index in [1.807, 2.05) is 48.5 Å². The summed E-state index contributed by atoms with van der Waals surface area (Å²) in [5.74, 6) is -0.321. The summed E-state index contributed by atoms with van der Waals surface area (Å²) in [6, 6.07) is 26.7. The van der Waals surface area contributed by atoms with Gasteiger partial charge in [0.25, 0.3) is 0 Å². The Bertz CT molecular complexity index is 1050. The van der Waals surface area contributed by atoms with Gasteiger partial charge in [-0.15, -0.1) is 0 Å². The minimum Gasteiger partial charge on any atom is -0.363 e. The Morgan fingerprint density at radius 1 is 0.714 bits per heavy atom. The minimum atomic E-state index is -3.89. The van der Waals surface area contributed by atoms with Crippen LogP contribution in [-0.2, 0) is 19.4 Å². The molecule has 0 radical (unpaired) electrons. The van der Waals surface area contributed by atoms with Gasteiger partial charge >= 0.3 is 0 Å². The predicted molar refractivity (Wildman–Crippen MR) is 106 cm³/mol. The van der Waals surface area contributed by atoms with Gasteiger partial charge < -0.3 is 4.74 Å². The molecule has 4 rings (SSSR count). The van der Waals surface area contributed by atoms with Crippen LogP contribution < -0.4 is 0 Å². The first-order valence-corrected chi connectivity index (χ1v) is 10.7.